The highest BCUT2D eigenvalue weighted by molar-refractivity contribution is 7.80. The van der Waals surface area contributed by atoms with Gasteiger partial charge in [0.25, 0.3) is 0 Å². The van der Waals surface area contributed by atoms with Crippen LogP contribution in [-0.2, 0) is 9.53 Å². The number of ketones is 1. The topological polar surface area (TPSA) is 65.1 Å². The largest absolute Gasteiger partial charge is 0.444 e. The number of hydrogen-bond donors (Lipinski definition) is 1. The lowest BCUT2D eigenvalue weighted by Gasteiger charge is -2.25. The Kier molecular flexibility index (Phi) is 6.63. The summed E-state index contributed by atoms with van der Waals surface area (Å²) in [5.41, 5.74) is 3.09. The van der Waals surface area contributed by atoms with Gasteiger partial charge in [0.05, 0.1) is 23.8 Å². The molecule has 2 fully saturated rings. The van der Waals surface area contributed by atoms with E-state index >= 15 is 0 Å². The Hall–Kier alpha value is -2.33. The third kappa shape index (κ3) is 4.99. The number of rotatable bonds is 5. The lowest BCUT2D eigenvalue weighted by molar-refractivity contribution is -0.117. The quantitative estimate of drug-likeness (QED) is 0.726. The molecule has 3 rings (SSSR count). The van der Waals surface area contributed by atoms with Crippen LogP contribution >= 0.6 is 12.2 Å². The molecular formula is C19H24F2N4O3S. The minimum atomic E-state index is -0.743. The van der Waals surface area contributed by atoms with Crippen LogP contribution in [0.3, 0.4) is 0 Å². The predicted molar refractivity (Wildman–Crippen MR) is 109 cm³/mol. The maximum absolute atomic E-state index is 14.9. The highest BCUT2D eigenvalue weighted by Crippen LogP contribution is 2.31. The second kappa shape index (κ2) is 9.00. The van der Waals surface area contributed by atoms with Crippen molar-refractivity contribution in [2.75, 3.05) is 42.5 Å². The normalized spacial score (nSPS) is 19.9. The van der Waals surface area contributed by atoms with Crippen LogP contribution in [0.2, 0.25) is 0 Å². The molecule has 7 nitrogen and oxygen atoms in total. The lowest BCUT2D eigenvalue weighted by Crippen LogP contribution is -2.41. The second-order valence-electron chi connectivity index (χ2n) is 7.18. The average Bonchev–Trinajstić information content (AvgIpc) is 2.85. The summed E-state index contributed by atoms with van der Waals surface area (Å²) in [7, 11) is 0. The summed E-state index contributed by atoms with van der Waals surface area (Å²) in [5, 5.41) is 1.78. The molecule has 0 radical (unpaired) electrons. The molecule has 0 spiro atoms. The van der Waals surface area contributed by atoms with E-state index in [4.69, 9.17) is 17.0 Å². The molecule has 29 heavy (non-hydrogen) atoms. The van der Waals surface area contributed by atoms with Crippen molar-refractivity contribution in [1.29, 1.82) is 0 Å². The van der Waals surface area contributed by atoms with E-state index in [2.05, 4.69) is 5.43 Å². The number of nitrogens with one attached hydrogen (secondary N) is 1. The molecule has 0 aromatic heterocycles. The number of thiocarbonyl (C=S) groups is 1. The van der Waals surface area contributed by atoms with E-state index in [0.29, 0.717) is 37.6 Å². The molecule has 2 aliphatic heterocycles. The number of carbonyl (C=O) groups is 2. The SMILES string of the molecule is CC(=O)CC[C@H]1CN(c2cc(F)c(N3CCNN(C(C)=S)CC3)c(F)c2)C(=O)O1. The Morgan fingerprint density at radius 2 is 1.93 bits per heavy atom. The minimum absolute atomic E-state index is 0.00437. The number of nitrogens with zero attached hydrogens (tertiary/aromatic N) is 3. The van der Waals surface area contributed by atoms with Crippen molar-refractivity contribution in [3.8, 4) is 0 Å². The summed E-state index contributed by atoms with van der Waals surface area (Å²) >= 11 is 5.14. The molecule has 1 amide bonds. The maximum atomic E-state index is 14.9. The van der Waals surface area contributed by atoms with Gasteiger partial charge in [0.2, 0.25) is 0 Å². The van der Waals surface area contributed by atoms with Crippen molar-refractivity contribution in [1.82, 2.24) is 10.4 Å². The molecule has 10 heteroatoms. The fourth-order valence-corrected chi connectivity index (χ4v) is 3.64. The standard InChI is InChI=1S/C19H24F2N4O3S/c1-12(26)3-4-15-11-24(19(27)28-15)14-9-16(20)18(17(21)10-14)23-6-5-22-25(8-7-23)13(2)29/h9-10,15,22H,3-8,11H2,1-2H3/t15-/m0/s1. The molecule has 0 bridgehead atoms. The molecule has 158 valence electrons. The van der Waals surface area contributed by atoms with Crippen molar-refractivity contribution in [3.05, 3.63) is 23.8 Å². The van der Waals surface area contributed by atoms with Crippen molar-refractivity contribution in [3.63, 3.8) is 0 Å². The van der Waals surface area contributed by atoms with E-state index in [-0.39, 0.29) is 30.1 Å². The summed E-state index contributed by atoms with van der Waals surface area (Å²) in [4.78, 5) is 26.7. The molecule has 0 aliphatic carbocycles. The lowest BCUT2D eigenvalue weighted by atomic mass is 10.1. The highest BCUT2D eigenvalue weighted by Gasteiger charge is 2.33. The third-order valence-corrected chi connectivity index (χ3v) is 5.20. The summed E-state index contributed by atoms with van der Waals surface area (Å²) in [6, 6.07) is 2.29. The van der Waals surface area contributed by atoms with Crippen molar-refractivity contribution < 1.29 is 23.1 Å². The van der Waals surface area contributed by atoms with Crippen molar-refractivity contribution in [2.24, 2.45) is 0 Å². The van der Waals surface area contributed by atoms with Crippen LogP contribution < -0.4 is 15.2 Å². The first-order chi connectivity index (χ1) is 13.8. The summed E-state index contributed by atoms with van der Waals surface area (Å²) < 4.78 is 34.9. The van der Waals surface area contributed by atoms with Crippen LogP contribution in [0, 0.1) is 11.6 Å². The monoisotopic (exact) mass is 426 g/mol. The molecule has 1 N–H and O–H groups in total. The van der Waals surface area contributed by atoms with Gasteiger partial charge in [0, 0.05) is 38.2 Å². The number of amides is 1. The fourth-order valence-electron chi connectivity index (χ4n) is 3.48. The average molecular weight is 426 g/mol. The molecule has 1 atom stereocenters. The van der Waals surface area contributed by atoms with Crippen LogP contribution in [0.4, 0.5) is 25.0 Å². The van der Waals surface area contributed by atoms with Gasteiger partial charge in [-0.25, -0.2) is 19.0 Å². The van der Waals surface area contributed by atoms with Gasteiger partial charge in [-0.15, -0.1) is 0 Å². The van der Waals surface area contributed by atoms with Gasteiger partial charge < -0.3 is 19.4 Å². The second-order valence-corrected chi connectivity index (χ2v) is 7.77. The Balaban J connectivity index is 1.75. The molecule has 0 unspecified atom stereocenters. The van der Waals surface area contributed by atoms with E-state index in [1.807, 2.05) is 0 Å². The zero-order valence-electron chi connectivity index (χ0n) is 16.4. The van der Waals surface area contributed by atoms with Gasteiger partial charge in [-0.3, -0.25) is 4.90 Å². The number of benzene rings is 1. The number of halogens is 2. The molecule has 2 saturated heterocycles. The van der Waals surface area contributed by atoms with Gasteiger partial charge in [-0.2, -0.15) is 0 Å². The molecule has 2 heterocycles. The van der Waals surface area contributed by atoms with Crippen LogP contribution in [0.1, 0.15) is 26.7 Å². The first-order valence-corrected chi connectivity index (χ1v) is 9.90. The Morgan fingerprint density at radius 3 is 2.55 bits per heavy atom. The number of carbonyl (C=O) groups excluding carboxylic acids is 2. The number of hydrazine groups is 1. The van der Waals surface area contributed by atoms with Crippen LogP contribution in [0.5, 0.6) is 0 Å². The van der Waals surface area contributed by atoms with Crippen LogP contribution in [-0.4, -0.2) is 60.7 Å². The number of hydrogen-bond acceptors (Lipinski definition) is 6. The van der Waals surface area contributed by atoms with E-state index < -0.39 is 23.8 Å². The van der Waals surface area contributed by atoms with Gasteiger partial charge >= 0.3 is 6.09 Å². The minimum Gasteiger partial charge on any atom is -0.444 e. The molecule has 1 aromatic carbocycles. The zero-order valence-corrected chi connectivity index (χ0v) is 17.2. The van der Waals surface area contributed by atoms with E-state index in [0.717, 1.165) is 12.1 Å². The van der Waals surface area contributed by atoms with Gasteiger partial charge in [-0.1, -0.05) is 12.2 Å². The molecule has 2 aliphatic rings. The molecular weight excluding hydrogens is 402 g/mol. The Bertz CT molecular complexity index is 800. The number of cyclic esters (lactones) is 1. The first kappa shape index (κ1) is 21.4. The predicted octanol–water partition coefficient (Wildman–Crippen LogP) is 2.63. The molecule has 0 saturated carbocycles. The van der Waals surface area contributed by atoms with Crippen molar-refractivity contribution in [2.45, 2.75) is 32.8 Å². The van der Waals surface area contributed by atoms with Gasteiger partial charge in [-0.05, 0) is 20.3 Å². The Morgan fingerprint density at radius 1 is 1.24 bits per heavy atom. The first-order valence-electron chi connectivity index (χ1n) is 9.49. The Labute approximate surface area is 173 Å². The summed E-state index contributed by atoms with van der Waals surface area (Å²) in [6.45, 7) is 5.19. The van der Waals surface area contributed by atoms with E-state index in [1.165, 1.54) is 11.8 Å². The highest BCUT2D eigenvalue weighted by atomic mass is 32.1. The van der Waals surface area contributed by atoms with E-state index in [9.17, 15) is 18.4 Å². The van der Waals surface area contributed by atoms with Crippen molar-refractivity contribution >= 4 is 40.5 Å². The number of ether oxygens (including phenoxy) is 1. The summed E-state index contributed by atoms with van der Waals surface area (Å²) in [5.74, 6) is -1.49. The number of Topliss-reactive ketones (excluding diaryl/α,β-unsaturated/α-hetero) is 1. The maximum Gasteiger partial charge on any atom is 0.414 e. The number of anilines is 2. The van der Waals surface area contributed by atoms with Gasteiger partial charge in [0.15, 0.2) is 11.6 Å². The van der Waals surface area contributed by atoms with Crippen LogP contribution in [0.15, 0.2) is 12.1 Å². The van der Waals surface area contributed by atoms with Gasteiger partial charge in [0.1, 0.15) is 17.6 Å². The third-order valence-electron chi connectivity index (χ3n) is 4.98. The fraction of sp³-hybridized carbons (Fsp3) is 0.526. The molecule has 1 aromatic rings. The van der Waals surface area contributed by atoms with Crippen LogP contribution in [0.25, 0.3) is 0 Å². The van der Waals surface area contributed by atoms with E-state index in [1.54, 1.807) is 16.8 Å². The smallest absolute Gasteiger partial charge is 0.414 e. The zero-order chi connectivity index (χ0) is 21.1. The summed E-state index contributed by atoms with van der Waals surface area (Å²) in [6.07, 6.45) is -0.472.